The van der Waals surface area contributed by atoms with E-state index in [-0.39, 0.29) is 17.4 Å². The zero-order chi connectivity index (χ0) is 18.0. The Morgan fingerprint density at radius 2 is 1.92 bits per heavy atom. The summed E-state index contributed by atoms with van der Waals surface area (Å²) in [7, 11) is 0. The number of hydrogen-bond donors (Lipinski definition) is 1. The van der Waals surface area contributed by atoms with Crippen molar-refractivity contribution in [1.82, 2.24) is 15.1 Å². The summed E-state index contributed by atoms with van der Waals surface area (Å²) in [5.74, 6) is 0.288. The standard InChI is InChI=1S/C21H33N3O/c1-16-14-22-11-13-23(16)15-20(25)24-12-5-6-19(24)17-7-9-18(10-8-17)21(2,3)4/h7-10,16,19,22H,5-6,11-15H2,1-4H3/t16-,19?/m1/s1. The van der Waals surface area contributed by atoms with Crippen LogP contribution >= 0.6 is 0 Å². The Labute approximate surface area is 152 Å². The lowest BCUT2D eigenvalue weighted by Crippen LogP contribution is -2.53. The number of nitrogens with zero attached hydrogens (tertiary/aromatic N) is 2. The van der Waals surface area contributed by atoms with E-state index >= 15 is 0 Å². The maximum atomic E-state index is 12.9. The Kier molecular flexibility index (Phi) is 5.49. The van der Waals surface area contributed by atoms with Crippen LogP contribution in [0.5, 0.6) is 0 Å². The average Bonchev–Trinajstić information content (AvgIpc) is 3.06. The van der Waals surface area contributed by atoms with Gasteiger partial charge >= 0.3 is 0 Å². The summed E-state index contributed by atoms with van der Waals surface area (Å²) in [6, 6.07) is 9.60. The minimum absolute atomic E-state index is 0.169. The van der Waals surface area contributed by atoms with Gasteiger partial charge in [-0.15, -0.1) is 0 Å². The van der Waals surface area contributed by atoms with Gasteiger partial charge in [-0.2, -0.15) is 0 Å². The Hall–Kier alpha value is -1.39. The Bertz CT molecular complexity index is 590. The van der Waals surface area contributed by atoms with Gasteiger partial charge in [-0.05, 0) is 36.3 Å². The van der Waals surface area contributed by atoms with Crippen LogP contribution in [0.3, 0.4) is 0 Å². The van der Waals surface area contributed by atoms with E-state index in [9.17, 15) is 4.79 Å². The molecule has 0 saturated carbocycles. The molecule has 1 N–H and O–H groups in total. The van der Waals surface area contributed by atoms with Crippen molar-refractivity contribution in [2.75, 3.05) is 32.7 Å². The summed E-state index contributed by atoms with van der Waals surface area (Å²) in [4.78, 5) is 17.4. The summed E-state index contributed by atoms with van der Waals surface area (Å²) in [6.45, 7) is 13.3. The predicted octanol–water partition coefficient (Wildman–Crippen LogP) is 2.94. The molecular weight excluding hydrogens is 310 g/mol. The first-order valence-corrected chi connectivity index (χ1v) is 9.71. The largest absolute Gasteiger partial charge is 0.335 e. The first-order valence-electron chi connectivity index (χ1n) is 9.71. The van der Waals surface area contributed by atoms with Gasteiger partial charge in [-0.1, -0.05) is 45.0 Å². The van der Waals surface area contributed by atoms with Crippen LogP contribution in [0.4, 0.5) is 0 Å². The van der Waals surface area contributed by atoms with Gasteiger partial charge in [0.2, 0.25) is 5.91 Å². The van der Waals surface area contributed by atoms with E-state index in [4.69, 9.17) is 0 Å². The van der Waals surface area contributed by atoms with Crippen molar-refractivity contribution in [2.24, 2.45) is 0 Å². The van der Waals surface area contributed by atoms with Crippen molar-refractivity contribution in [3.05, 3.63) is 35.4 Å². The van der Waals surface area contributed by atoms with Crippen molar-refractivity contribution in [1.29, 1.82) is 0 Å². The van der Waals surface area contributed by atoms with E-state index in [1.807, 2.05) is 0 Å². The molecule has 4 nitrogen and oxygen atoms in total. The van der Waals surface area contributed by atoms with Crippen LogP contribution in [-0.4, -0.2) is 54.5 Å². The van der Waals surface area contributed by atoms with Gasteiger partial charge in [0, 0.05) is 32.2 Å². The maximum absolute atomic E-state index is 12.9. The summed E-state index contributed by atoms with van der Waals surface area (Å²) in [5, 5.41) is 3.39. The maximum Gasteiger partial charge on any atom is 0.237 e. The molecule has 2 fully saturated rings. The fraction of sp³-hybridized carbons (Fsp3) is 0.667. The number of rotatable bonds is 3. The Morgan fingerprint density at radius 3 is 2.56 bits per heavy atom. The second-order valence-electron chi connectivity index (χ2n) is 8.64. The van der Waals surface area contributed by atoms with Gasteiger partial charge in [0.25, 0.3) is 0 Å². The molecule has 1 unspecified atom stereocenters. The van der Waals surface area contributed by atoms with Gasteiger partial charge in [0.1, 0.15) is 0 Å². The third-order valence-corrected chi connectivity index (χ3v) is 5.71. The SMILES string of the molecule is C[C@@H]1CNCCN1CC(=O)N1CCCC1c1ccc(C(C)(C)C)cc1. The van der Waals surface area contributed by atoms with Crippen molar-refractivity contribution in [2.45, 2.75) is 58.0 Å². The molecule has 1 aromatic carbocycles. The topological polar surface area (TPSA) is 35.6 Å². The lowest BCUT2D eigenvalue weighted by molar-refractivity contribution is -0.134. The molecule has 2 aliphatic rings. The van der Waals surface area contributed by atoms with Crippen molar-refractivity contribution >= 4 is 5.91 Å². The van der Waals surface area contributed by atoms with E-state index < -0.39 is 0 Å². The fourth-order valence-electron chi connectivity index (χ4n) is 4.00. The molecular formula is C21H33N3O. The van der Waals surface area contributed by atoms with E-state index in [2.05, 4.69) is 67.1 Å². The number of hydrogen-bond acceptors (Lipinski definition) is 3. The summed E-state index contributed by atoms with van der Waals surface area (Å²) < 4.78 is 0. The molecule has 0 radical (unpaired) electrons. The minimum Gasteiger partial charge on any atom is -0.335 e. The van der Waals surface area contributed by atoms with Crippen LogP contribution in [-0.2, 0) is 10.2 Å². The third-order valence-electron chi connectivity index (χ3n) is 5.71. The number of likely N-dealkylation sites (tertiary alicyclic amines) is 1. The van der Waals surface area contributed by atoms with Crippen LogP contribution in [0.1, 0.15) is 57.7 Å². The molecule has 138 valence electrons. The molecule has 0 bridgehead atoms. The monoisotopic (exact) mass is 343 g/mol. The van der Waals surface area contributed by atoms with Gasteiger partial charge in [-0.3, -0.25) is 9.69 Å². The molecule has 0 aromatic heterocycles. The van der Waals surface area contributed by atoms with E-state index in [1.165, 1.54) is 11.1 Å². The van der Waals surface area contributed by atoms with Crippen LogP contribution in [0.25, 0.3) is 0 Å². The van der Waals surface area contributed by atoms with E-state index in [0.717, 1.165) is 39.0 Å². The summed E-state index contributed by atoms with van der Waals surface area (Å²) >= 11 is 0. The lowest BCUT2D eigenvalue weighted by Gasteiger charge is -2.35. The van der Waals surface area contributed by atoms with Gasteiger partial charge < -0.3 is 10.2 Å². The third kappa shape index (κ3) is 4.24. The minimum atomic E-state index is 0.169. The Morgan fingerprint density at radius 1 is 1.20 bits per heavy atom. The molecule has 0 spiro atoms. The van der Waals surface area contributed by atoms with Crippen molar-refractivity contribution in [3.8, 4) is 0 Å². The summed E-state index contributed by atoms with van der Waals surface area (Å²) in [5.41, 5.74) is 2.80. The highest BCUT2D eigenvalue weighted by molar-refractivity contribution is 5.79. The number of carbonyl (C=O) groups excluding carboxylic acids is 1. The smallest absolute Gasteiger partial charge is 0.237 e. The molecule has 2 heterocycles. The first kappa shape index (κ1) is 18.4. The fourth-order valence-corrected chi connectivity index (χ4v) is 4.00. The molecule has 25 heavy (non-hydrogen) atoms. The number of piperazine rings is 1. The summed E-state index contributed by atoms with van der Waals surface area (Å²) in [6.07, 6.45) is 2.19. The highest BCUT2D eigenvalue weighted by Crippen LogP contribution is 2.33. The van der Waals surface area contributed by atoms with Crippen molar-refractivity contribution < 1.29 is 4.79 Å². The first-order chi connectivity index (χ1) is 11.9. The van der Waals surface area contributed by atoms with E-state index in [0.29, 0.717) is 12.6 Å². The molecule has 4 heteroatoms. The van der Waals surface area contributed by atoms with Crippen LogP contribution in [0.15, 0.2) is 24.3 Å². The molecule has 0 aliphatic carbocycles. The van der Waals surface area contributed by atoms with Crippen LogP contribution < -0.4 is 5.32 Å². The molecule has 2 atom stereocenters. The average molecular weight is 344 g/mol. The number of amides is 1. The zero-order valence-electron chi connectivity index (χ0n) is 16.2. The van der Waals surface area contributed by atoms with Crippen LogP contribution in [0.2, 0.25) is 0 Å². The Balaban J connectivity index is 1.68. The number of carbonyl (C=O) groups is 1. The zero-order valence-corrected chi connectivity index (χ0v) is 16.2. The predicted molar refractivity (Wildman–Crippen MR) is 103 cm³/mol. The quantitative estimate of drug-likeness (QED) is 0.916. The van der Waals surface area contributed by atoms with Crippen LogP contribution in [0, 0.1) is 0 Å². The van der Waals surface area contributed by atoms with Crippen molar-refractivity contribution in [3.63, 3.8) is 0 Å². The molecule has 2 aliphatic heterocycles. The number of benzene rings is 1. The molecule has 2 saturated heterocycles. The highest BCUT2D eigenvalue weighted by Gasteiger charge is 2.32. The van der Waals surface area contributed by atoms with E-state index in [1.54, 1.807) is 0 Å². The lowest BCUT2D eigenvalue weighted by atomic mass is 9.86. The van der Waals surface area contributed by atoms with Gasteiger partial charge in [0.05, 0.1) is 12.6 Å². The second-order valence-corrected chi connectivity index (χ2v) is 8.64. The number of nitrogens with one attached hydrogen (secondary N) is 1. The second kappa shape index (κ2) is 7.46. The molecule has 3 rings (SSSR count). The normalized spacial score (nSPS) is 25.4. The highest BCUT2D eigenvalue weighted by atomic mass is 16.2. The van der Waals surface area contributed by atoms with Gasteiger partial charge in [0.15, 0.2) is 0 Å². The van der Waals surface area contributed by atoms with Gasteiger partial charge in [-0.25, -0.2) is 0 Å². The molecule has 1 amide bonds. The molecule has 1 aromatic rings.